The van der Waals surface area contributed by atoms with Crippen LogP contribution in [0.4, 0.5) is 0 Å². The predicted molar refractivity (Wildman–Crippen MR) is 112 cm³/mol. The van der Waals surface area contributed by atoms with Crippen LogP contribution >= 0.6 is 0 Å². The zero-order valence-electron chi connectivity index (χ0n) is 16.7. The van der Waals surface area contributed by atoms with Gasteiger partial charge in [0.15, 0.2) is 0 Å². The van der Waals surface area contributed by atoms with Gasteiger partial charge in [-0.25, -0.2) is 0 Å². The fourth-order valence-electron chi connectivity index (χ4n) is 4.80. The van der Waals surface area contributed by atoms with Gasteiger partial charge in [-0.2, -0.15) is 0 Å². The molecule has 3 heteroatoms. The van der Waals surface area contributed by atoms with Crippen LogP contribution < -0.4 is 4.74 Å². The molecule has 1 N–H and O–H groups in total. The summed E-state index contributed by atoms with van der Waals surface area (Å²) in [4.78, 5) is 4.80. The molecular weight excluding hydrogens is 346 g/mol. The van der Waals surface area contributed by atoms with E-state index in [4.69, 9.17) is 9.72 Å². The third kappa shape index (κ3) is 2.76. The topological polar surface area (TPSA) is 42.4 Å². The van der Waals surface area contributed by atoms with Crippen LogP contribution in [0.25, 0.3) is 10.9 Å². The fraction of sp³-hybridized carbons (Fsp3) is 0.400. The summed E-state index contributed by atoms with van der Waals surface area (Å²) < 4.78 is 6.55. The molecule has 1 spiro atoms. The summed E-state index contributed by atoms with van der Waals surface area (Å²) in [5, 5.41) is 12.1. The van der Waals surface area contributed by atoms with Gasteiger partial charge in [0.2, 0.25) is 0 Å². The molecule has 144 valence electrons. The quantitative estimate of drug-likeness (QED) is 0.651. The first-order chi connectivity index (χ1) is 13.6. The van der Waals surface area contributed by atoms with E-state index in [-0.39, 0.29) is 5.60 Å². The van der Waals surface area contributed by atoms with E-state index in [2.05, 4.69) is 31.2 Å². The lowest BCUT2D eigenvalue weighted by Gasteiger charge is -2.46. The summed E-state index contributed by atoms with van der Waals surface area (Å²) in [5.41, 5.74) is 6.50. The second kappa shape index (κ2) is 6.51. The Morgan fingerprint density at radius 3 is 2.61 bits per heavy atom. The third-order valence-corrected chi connectivity index (χ3v) is 6.88. The molecule has 0 atom stereocenters. The summed E-state index contributed by atoms with van der Waals surface area (Å²) in [5.74, 6) is 1.49. The van der Waals surface area contributed by atoms with Crippen molar-refractivity contribution < 1.29 is 9.84 Å². The van der Waals surface area contributed by atoms with Crippen molar-refractivity contribution in [2.24, 2.45) is 0 Å². The molecule has 2 heterocycles. The van der Waals surface area contributed by atoms with Gasteiger partial charge in [0.25, 0.3) is 0 Å². The fourth-order valence-corrected chi connectivity index (χ4v) is 4.80. The van der Waals surface area contributed by atoms with Gasteiger partial charge in [0, 0.05) is 22.2 Å². The molecule has 3 aromatic rings. The first-order valence-corrected chi connectivity index (χ1v) is 10.4. The highest BCUT2D eigenvalue weighted by Crippen LogP contribution is 2.49. The largest absolute Gasteiger partial charge is 0.507 e. The number of aromatic nitrogens is 1. The number of hydrogen-bond acceptors (Lipinski definition) is 3. The lowest BCUT2D eigenvalue weighted by molar-refractivity contribution is -0.0258. The minimum Gasteiger partial charge on any atom is -0.507 e. The number of hydrogen-bond donors (Lipinski definition) is 1. The first-order valence-electron chi connectivity index (χ1n) is 10.4. The Morgan fingerprint density at radius 1 is 1.00 bits per heavy atom. The predicted octanol–water partition coefficient (Wildman–Crippen LogP) is 5.59. The number of benzene rings is 2. The molecule has 1 aliphatic heterocycles. The molecule has 1 saturated carbocycles. The van der Waals surface area contributed by atoms with E-state index >= 15 is 0 Å². The number of fused-ring (bicyclic) bond motifs is 2. The number of rotatable bonds is 3. The van der Waals surface area contributed by atoms with Crippen LogP contribution in [0.2, 0.25) is 0 Å². The summed E-state index contributed by atoms with van der Waals surface area (Å²) >= 11 is 0. The maximum Gasteiger partial charge on any atom is 0.127 e. The minimum absolute atomic E-state index is 0.0678. The average molecular weight is 373 g/mol. The van der Waals surface area contributed by atoms with Gasteiger partial charge in [0.1, 0.15) is 17.1 Å². The number of aromatic hydroxyl groups is 1. The van der Waals surface area contributed by atoms with Crippen LogP contribution in [-0.4, -0.2) is 15.7 Å². The van der Waals surface area contributed by atoms with E-state index in [9.17, 15) is 5.11 Å². The molecule has 1 fully saturated rings. The zero-order valence-corrected chi connectivity index (χ0v) is 16.7. The summed E-state index contributed by atoms with van der Waals surface area (Å²) in [6.45, 7) is 4.09. The summed E-state index contributed by atoms with van der Waals surface area (Å²) in [7, 11) is 0. The number of aryl methyl sites for hydroxylation is 1. The van der Waals surface area contributed by atoms with Crippen LogP contribution in [0.15, 0.2) is 36.4 Å². The third-order valence-electron chi connectivity index (χ3n) is 6.88. The van der Waals surface area contributed by atoms with Gasteiger partial charge in [-0.05, 0) is 82.1 Å². The molecule has 1 aliphatic carbocycles. The van der Waals surface area contributed by atoms with Crippen molar-refractivity contribution in [1.82, 2.24) is 4.98 Å². The molecule has 5 rings (SSSR count). The van der Waals surface area contributed by atoms with Gasteiger partial charge >= 0.3 is 0 Å². The molecule has 3 nitrogen and oxygen atoms in total. The summed E-state index contributed by atoms with van der Waals surface area (Å²) in [6.07, 6.45) is 7.29. The van der Waals surface area contributed by atoms with Gasteiger partial charge in [-0.15, -0.1) is 0 Å². The Hall–Kier alpha value is -2.55. The lowest BCUT2D eigenvalue weighted by atomic mass is 9.73. The van der Waals surface area contributed by atoms with Gasteiger partial charge in [-0.3, -0.25) is 4.98 Å². The van der Waals surface area contributed by atoms with Crippen LogP contribution in [0.5, 0.6) is 11.5 Å². The van der Waals surface area contributed by atoms with Gasteiger partial charge in [0.05, 0.1) is 5.52 Å². The Kier molecular flexibility index (Phi) is 4.08. The Labute approximate surface area is 166 Å². The van der Waals surface area contributed by atoms with Crippen molar-refractivity contribution in [2.45, 2.75) is 64.4 Å². The molecule has 0 saturated heterocycles. The van der Waals surface area contributed by atoms with Gasteiger partial charge in [-0.1, -0.05) is 24.3 Å². The lowest BCUT2D eigenvalue weighted by Crippen LogP contribution is -2.46. The van der Waals surface area contributed by atoms with E-state index in [1.807, 2.05) is 19.1 Å². The number of para-hydroxylation sites is 1. The van der Waals surface area contributed by atoms with E-state index in [0.717, 1.165) is 64.7 Å². The first kappa shape index (κ1) is 17.5. The van der Waals surface area contributed by atoms with Crippen LogP contribution in [0.3, 0.4) is 0 Å². The molecule has 28 heavy (non-hydrogen) atoms. The smallest absolute Gasteiger partial charge is 0.127 e. The van der Waals surface area contributed by atoms with E-state index in [1.54, 1.807) is 0 Å². The Balaban J connectivity index is 1.47. The maximum atomic E-state index is 10.9. The number of phenols is 1. The number of nitrogens with zero attached hydrogens (tertiary/aromatic N) is 1. The average Bonchev–Trinajstić information content (AvgIpc) is 2.70. The molecule has 2 aromatic carbocycles. The van der Waals surface area contributed by atoms with Crippen molar-refractivity contribution in [1.29, 1.82) is 0 Å². The second-order valence-electron chi connectivity index (χ2n) is 8.52. The molecule has 0 unspecified atom stereocenters. The zero-order chi connectivity index (χ0) is 19.3. The van der Waals surface area contributed by atoms with Crippen molar-refractivity contribution >= 4 is 10.9 Å². The Bertz CT molecular complexity index is 1070. The molecule has 2 aliphatic rings. The molecule has 1 aromatic heterocycles. The maximum absolute atomic E-state index is 10.9. The van der Waals surface area contributed by atoms with E-state index < -0.39 is 0 Å². The van der Waals surface area contributed by atoms with Crippen molar-refractivity contribution in [3.05, 3.63) is 64.3 Å². The standard InChI is InChI=1S/C25H27NO2/c1-16-17(2)24-21(12-15-25(28-24)13-5-14-25)20(23(16)27)11-10-19-9-8-18-6-3-4-7-22(18)26-19/h3-4,6-9,27H,5,10-15H2,1-2H3. The summed E-state index contributed by atoms with van der Waals surface area (Å²) in [6, 6.07) is 12.4. The number of phenolic OH excluding ortho intramolecular Hbond substituents is 1. The number of ether oxygens (including phenoxy) is 1. The van der Waals surface area contributed by atoms with Crippen molar-refractivity contribution in [3.8, 4) is 11.5 Å². The van der Waals surface area contributed by atoms with Gasteiger partial charge < -0.3 is 9.84 Å². The molecule has 0 radical (unpaired) electrons. The Morgan fingerprint density at radius 2 is 1.82 bits per heavy atom. The molecule has 0 bridgehead atoms. The number of pyridine rings is 1. The normalized spacial score (nSPS) is 17.2. The molecular formula is C25H27NO2. The highest BCUT2D eigenvalue weighted by atomic mass is 16.5. The second-order valence-corrected chi connectivity index (χ2v) is 8.52. The van der Waals surface area contributed by atoms with E-state index in [0.29, 0.717) is 5.75 Å². The highest BCUT2D eigenvalue weighted by Gasteiger charge is 2.43. The van der Waals surface area contributed by atoms with Crippen molar-refractivity contribution in [2.75, 3.05) is 0 Å². The minimum atomic E-state index is 0.0678. The monoisotopic (exact) mass is 373 g/mol. The SMILES string of the molecule is Cc1c(C)c2c(c(CCc3ccc4ccccc4n3)c1O)CCC1(CCC1)O2. The van der Waals surface area contributed by atoms with E-state index in [1.165, 1.54) is 24.8 Å². The van der Waals surface area contributed by atoms with Crippen LogP contribution in [-0.2, 0) is 19.3 Å². The van der Waals surface area contributed by atoms with Crippen LogP contribution in [0.1, 0.15) is 53.6 Å². The van der Waals surface area contributed by atoms with Crippen LogP contribution in [0, 0.1) is 13.8 Å². The molecule has 0 amide bonds. The highest BCUT2D eigenvalue weighted by molar-refractivity contribution is 5.78. The van der Waals surface area contributed by atoms with Crippen molar-refractivity contribution in [3.63, 3.8) is 0 Å².